The summed E-state index contributed by atoms with van der Waals surface area (Å²) in [5.74, 6) is -1.94. The molecule has 1 aliphatic rings. The van der Waals surface area contributed by atoms with Crippen molar-refractivity contribution < 1.29 is 18.3 Å². The van der Waals surface area contributed by atoms with Gasteiger partial charge in [-0.3, -0.25) is 9.69 Å². The molecular formula is C24H11Cl2F2N3O2S2. The van der Waals surface area contributed by atoms with Gasteiger partial charge in [0, 0.05) is 5.56 Å². The molecule has 0 unspecified atom stereocenters. The number of fused-ring (bicyclic) bond motifs is 1. The lowest BCUT2D eigenvalue weighted by Crippen LogP contribution is -2.27. The fraction of sp³-hybridized carbons (Fsp3) is 0. The first kappa shape index (κ1) is 23.6. The molecule has 2 heterocycles. The lowest BCUT2D eigenvalue weighted by atomic mass is 10.0. The Morgan fingerprint density at radius 1 is 1.06 bits per heavy atom. The number of thioether (sulfide) groups is 1. The van der Waals surface area contributed by atoms with Crippen LogP contribution in [0.4, 0.5) is 14.5 Å². The first-order valence-electron chi connectivity index (χ1n) is 9.92. The van der Waals surface area contributed by atoms with Crippen LogP contribution in [0.15, 0.2) is 65.7 Å². The van der Waals surface area contributed by atoms with Gasteiger partial charge in [-0.15, -0.1) is 0 Å². The summed E-state index contributed by atoms with van der Waals surface area (Å²) in [5, 5.41) is 1.31. The highest BCUT2D eigenvalue weighted by atomic mass is 35.5. The Bertz CT molecular complexity index is 1570. The van der Waals surface area contributed by atoms with Crippen LogP contribution in [0.25, 0.3) is 16.8 Å². The summed E-state index contributed by atoms with van der Waals surface area (Å²) in [6, 6.07) is 14.8. The molecule has 11 heteroatoms. The van der Waals surface area contributed by atoms with E-state index in [-0.39, 0.29) is 31.2 Å². The van der Waals surface area contributed by atoms with Gasteiger partial charge >= 0.3 is 0 Å². The number of hydrogen-bond acceptors (Lipinski definition) is 6. The Labute approximate surface area is 217 Å². The molecule has 0 radical (unpaired) electrons. The van der Waals surface area contributed by atoms with E-state index in [1.807, 2.05) is 24.3 Å². The van der Waals surface area contributed by atoms with Gasteiger partial charge in [0.15, 0.2) is 4.32 Å². The number of ether oxygens (including phenoxy) is 1. The molecule has 0 atom stereocenters. The number of carbonyl (C=O) groups excluding carboxylic acids is 1. The summed E-state index contributed by atoms with van der Waals surface area (Å²) in [7, 11) is 0. The Kier molecular flexibility index (Phi) is 6.41. The number of amides is 1. The largest absolute Gasteiger partial charge is 0.436 e. The van der Waals surface area contributed by atoms with Crippen molar-refractivity contribution in [2.45, 2.75) is 0 Å². The third-order valence-electron chi connectivity index (χ3n) is 5.05. The third kappa shape index (κ3) is 4.60. The number of halogens is 4. The maximum atomic E-state index is 14.3. The molecule has 1 fully saturated rings. The second-order valence-electron chi connectivity index (χ2n) is 7.21. The van der Waals surface area contributed by atoms with Crippen LogP contribution in [-0.2, 0) is 4.79 Å². The summed E-state index contributed by atoms with van der Waals surface area (Å²) in [4.78, 5) is 22.3. The predicted molar refractivity (Wildman–Crippen MR) is 138 cm³/mol. The van der Waals surface area contributed by atoms with Gasteiger partial charge < -0.3 is 4.74 Å². The summed E-state index contributed by atoms with van der Waals surface area (Å²) in [5.41, 5.74) is 0.851. The predicted octanol–water partition coefficient (Wildman–Crippen LogP) is 7.41. The van der Waals surface area contributed by atoms with Gasteiger partial charge in [0.1, 0.15) is 11.6 Å². The van der Waals surface area contributed by atoms with Gasteiger partial charge in [-0.05, 0) is 52.7 Å². The molecule has 1 saturated heterocycles. The highest BCUT2D eigenvalue weighted by Crippen LogP contribution is 2.40. The molecule has 0 N–H and O–H groups in total. The Morgan fingerprint density at radius 3 is 2.66 bits per heavy atom. The lowest BCUT2D eigenvalue weighted by Gasteiger charge is -2.15. The molecule has 5 rings (SSSR count). The highest BCUT2D eigenvalue weighted by Gasteiger charge is 2.34. The van der Waals surface area contributed by atoms with Gasteiger partial charge in [-0.1, -0.05) is 65.9 Å². The Morgan fingerprint density at radius 2 is 1.86 bits per heavy atom. The number of thiocarbonyl (C=S) groups is 1. The third-order valence-corrected chi connectivity index (χ3v) is 6.82. The Hall–Kier alpha value is -3.11. The van der Waals surface area contributed by atoms with Crippen LogP contribution in [0.2, 0.25) is 10.3 Å². The fourth-order valence-corrected chi connectivity index (χ4v) is 5.05. The fourth-order valence-electron chi connectivity index (χ4n) is 3.47. The van der Waals surface area contributed by atoms with E-state index >= 15 is 0 Å². The number of hydrogen-bond donors (Lipinski definition) is 0. The standard InChI is InChI=1S/C24H11Cl2F2N3O2S2/c25-16-9-13(6-7-17(16)27)31-22(32)20(35-24(31)34)10-15-14-4-2-1-3-12(14)5-8-19(15)33-21-18(28)11-29-23(26)30-21/h1-11H/b20-10+. The van der Waals surface area contributed by atoms with Crippen LogP contribution in [0.5, 0.6) is 11.6 Å². The number of rotatable bonds is 4. The van der Waals surface area contributed by atoms with Crippen molar-refractivity contribution in [1.82, 2.24) is 9.97 Å². The summed E-state index contributed by atoms with van der Waals surface area (Å²) in [6.07, 6.45) is 2.52. The molecule has 4 aromatic rings. The SMILES string of the molecule is O=C1/C(=C\c2c(Oc3nc(Cl)ncc3F)ccc3ccccc23)SC(=S)N1c1ccc(F)c(Cl)c1. The second kappa shape index (κ2) is 9.50. The van der Waals surface area contributed by atoms with E-state index < -0.39 is 17.5 Å². The molecule has 0 bridgehead atoms. The minimum absolute atomic E-state index is 0.129. The molecule has 1 aliphatic heterocycles. The van der Waals surface area contributed by atoms with E-state index in [1.54, 1.807) is 18.2 Å². The van der Waals surface area contributed by atoms with E-state index in [4.69, 9.17) is 40.2 Å². The van der Waals surface area contributed by atoms with Crippen LogP contribution in [0, 0.1) is 11.6 Å². The van der Waals surface area contributed by atoms with Crippen LogP contribution in [-0.4, -0.2) is 20.2 Å². The van der Waals surface area contributed by atoms with Crippen LogP contribution >= 0.6 is 47.2 Å². The zero-order chi connectivity index (χ0) is 24.7. The number of aromatic nitrogens is 2. The zero-order valence-electron chi connectivity index (χ0n) is 17.3. The summed E-state index contributed by atoms with van der Waals surface area (Å²) in [6.45, 7) is 0. The smallest absolute Gasteiger partial charge is 0.270 e. The van der Waals surface area contributed by atoms with Crippen LogP contribution < -0.4 is 9.64 Å². The number of benzene rings is 3. The highest BCUT2D eigenvalue weighted by molar-refractivity contribution is 8.27. The van der Waals surface area contributed by atoms with Crippen molar-refractivity contribution >= 4 is 79.9 Å². The van der Waals surface area contributed by atoms with Crippen molar-refractivity contribution in [1.29, 1.82) is 0 Å². The molecule has 1 amide bonds. The van der Waals surface area contributed by atoms with E-state index in [1.165, 1.54) is 17.0 Å². The Balaban J connectivity index is 1.60. The first-order valence-corrected chi connectivity index (χ1v) is 11.9. The molecule has 0 spiro atoms. The molecule has 35 heavy (non-hydrogen) atoms. The average Bonchev–Trinajstić information content (AvgIpc) is 3.12. The van der Waals surface area contributed by atoms with E-state index in [2.05, 4.69) is 9.97 Å². The second-order valence-corrected chi connectivity index (χ2v) is 9.63. The number of nitrogens with zero attached hydrogens (tertiary/aromatic N) is 3. The van der Waals surface area contributed by atoms with Crippen molar-refractivity contribution in [3.05, 3.63) is 93.2 Å². The summed E-state index contributed by atoms with van der Waals surface area (Å²) >= 11 is 18.2. The maximum Gasteiger partial charge on any atom is 0.270 e. The molecule has 174 valence electrons. The molecule has 1 aromatic heterocycles. The molecule has 5 nitrogen and oxygen atoms in total. The van der Waals surface area contributed by atoms with E-state index in [9.17, 15) is 13.6 Å². The topological polar surface area (TPSA) is 55.3 Å². The monoisotopic (exact) mass is 545 g/mol. The van der Waals surface area contributed by atoms with E-state index in [0.717, 1.165) is 34.8 Å². The van der Waals surface area contributed by atoms with Crippen LogP contribution in [0.1, 0.15) is 5.56 Å². The van der Waals surface area contributed by atoms with Crippen molar-refractivity contribution in [2.75, 3.05) is 4.90 Å². The van der Waals surface area contributed by atoms with Crippen molar-refractivity contribution in [2.24, 2.45) is 0 Å². The zero-order valence-corrected chi connectivity index (χ0v) is 20.5. The normalized spacial score (nSPS) is 14.9. The van der Waals surface area contributed by atoms with Gasteiger partial charge in [0.05, 0.1) is 21.8 Å². The maximum absolute atomic E-state index is 14.3. The van der Waals surface area contributed by atoms with Crippen molar-refractivity contribution in [3.8, 4) is 11.6 Å². The lowest BCUT2D eigenvalue weighted by molar-refractivity contribution is -0.113. The molecule has 3 aromatic carbocycles. The van der Waals surface area contributed by atoms with E-state index in [0.29, 0.717) is 11.3 Å². The molecular weight excluding hydrogens is 535 g/mol. The number of anilines is 1. The quantitative estimate of drug-likeness (QED) is 0.151. The van der Waals surface area contributed by atoms with Gasteiger partial charge in [0.25, 0.3) is 11.8 Å². The molecule has 0 saturated carbocycles. The minimum Gasteiger partial charge on any atom is -0.436 e. The van der Waals surface area contributed by atoms with Crippen LogP contribution in [0.3, 0.4) is 0 Å². The average molecular weight is 546 g/mol. The first-order chi connectivity index (χ1) is 16.8. The van der Waals surface area contributed by atoms with Gasteiger partial charge in [-0.25, -0.2) is 9.37 Å². The summed E-state index contributed by atoms with van der Waals surface area (Å²) < 4.78 is 33.9. The minimum atomic E-state index is -0.798. The van der Waals surface area contributed by atoms with Gasteiger partial charge in [-0.2, -0.15) is 9.37 Å². The number of carbonyl (C=O) groups is 1. The van der Waals surface area contributed by atoms with Gasteiger partial charge in [0.2, 0.25) is 11.1 Å². The van der Waals surface area contributed by atoms with Crippen molar-refractivity contribution in [3.63, 3.8) is 0 Å². The molecule has 0 aliphatic carbocycles.